The number of nitrogen functional groups attached to an aromatic ring is 2. The van der Waals surface area contributed by atoms with Gasteiger partial charge in [0.15, 0.2) is 5.82 Å². The van der Waals surface area contributed by atoms with Crippen LogP contribution in [-0.2, 0) is 0 Å². The van der Waals surface area contributed by atoms with Gasteiger partial charge >= 0.3 is 0 Å². The standard InChI is InChI=1S/C23H20ClN9O/c24-15-4-1-5-16-18(15)22(34)33(13-3-2-8-28-11-13)21(30-16)17(9-12-6-7-12)29-20-14(10-25)19(26)31-23(27)32-20/h1-5,8,11-12,17H,6-7,9H2,(H5,26,27,29,31,32)/t17-/m0/s1. The molecule has 0 bridgehead atoms. The van der Waals surface area contributed by atoms with Crippen LogP contribution in [0, 0.1) is 17.2 Å². The van der Waals surface area contributed by atoms with E-state index in [1.165, 1.54) is 4.57 Å². The predicted octanol–water partition coefficient (Wildman–Crippen LogP) is 3.21. The molecule has 0 spiro atoms. The van der Waals surface area contributed by atoms with Gasteiger partial charge in [0.1, 0.15) is 23.3 Å². The summed E-state index contributed by atoms with van der Waals surface area (Å²) >= 11 is 6.39. The second kappa shape index (κ2) is 8.61. The van der Waals surface area contributed by atoms with E-state index in [0.717, 1.165) is 12.8 Å². The third-order valence-corrected chi connectivity index (χ3v) is 6.05. The highest BCUT2D eigenvalue weighted by atomic mass is 35.5. The second-order valence-corrected chi connectivity index (χ2v) is 8.54. The molecule has 0 aliphatic heterocycles. The number of nitrogens with one attached hydrogen (secondary N) is 1. The number of rotatable bonds is 6. The monoisotopic (exact) mass is 473 g/mol. The molecule has 1 saturated carbocycles. The number of hydrogen-bond acceptors (Lipinski definition) is 9. The van der Waals surface area contributed by atoms with Crippen molar-refractivity contribution >= 4 is 40.1 Å². The van der Waals surface area contributed by atoms with Gasteiger partial charge in [0, 0.05) is 6.20 Å². The smallest absolute Gasteiger partial charge is 0.267 e. The fourth-order valence-electron chi connectivity index (χ4n) is 3.97. The molecule has 170 valence electrons. The summed E-state index contributed by atoms with van der Waals surface area (Å²) in [5, 5.41) is 13.5. The van der Waals surface area contributed by atoms with Crippen LogP contribution in [0.5, 0.6) is 0 Å². The van der Waals surface area contributed by atoms with E-state index in [4.69, 9.17) is 28.1 Å². The van der Waals surface area contributed by atoms with Gasteiger partial charge in [0.25, 0.3) is 5.56 Å². The molecule has 11 heteroatoms. The van der Waals surface area contributed by atoms with Gasteiger partial charge in [-0.2, -0.15) is 15.2 Å². The third-order valence-electron chi connectivity index (χ3n) is 5.73. The van der Waals surface area contributed by atoms with Crippen molar-refractivity contribution in [3.63, 3.8) is 0 Å². The van der Waals surface area contributed by atoms with Crippen LogP contribution >= 0.6 is 11.6 Å². The number of nitriles is 1. The van der Waals surface area contributed by atoms with Crippen molar-refractivity contribution in [3.05, 3.63) is 69.5 Å². The number of pyridine rings is 1. The predicted molar refractivity (Wildman–Crippen MR) is 129 cm³/mol. The minimum Gasteiger partial charge on any atom is -0.382 e. The van der Waals surface area contributed by atoms with Gasteiger partial charge in [0.05, 0.1) is 33.9 Å². The van der Waals surface area contributed by atoms with Gasteiger partial charge in [-0.05, 0) is 36.6 Å². The zero-order valence-electron chi connectivity index (χ0n) is 17.9. The highest BCUT2D eigenvalue weighted by molar-refractivity contribution is 6.35. The number of benzene rings is 1. The molecule has 5 N–H and O–H groups in total. The Bertz CT molecular complexity index is 1490. The first-order valence-electron chi connectivity index (χ1n) is 10.7. The quantitative estimate of drug-likeness (QED) is 0.381. The van der Waals surface area contributed by atoms with E-state index in [9.17, 15) is 10.1 Å². The molecule has 3 aromatic heterocycles. The Labute approximate surface area is 199 Å². The van der Waals surface area contributed by atoms with Crippen molar-refractivity contribution in [2.24, 2.45) is 5.92 Å². The van der Waals surface area contributed by atoms with Crippen LogP contribution in [0.3, 0.4) is 0 Å². The highest BCUT2D eigenvalue weighted by Gasteiger charge is 2.31. The summed E-state index contributed by atoms with van der Waals surface area (Å²) in [5.41, 5.74) is 12.5. The third kappa shape index (κ3) is 3.97. The van der Waals surface area contributed by atoms with E-state index in [-0.39, 0.29) is 28.7 Å². The van der Waals surface area contributed by atoms with Crippen LogP contribution in [0.15, 0.2) is 47.5 Å². The summed E-state index contributed by atoms with van der Waals surface area (Å²) in [7, 11) is 0. The molecular formula is C23H20ClN9O. The fraction of sp³-hybridized carbons (Fsp3) is 0.217. The largest absolute Gasteiger partial charge is 0.382 e. The van der Waals surface area contributed by atoms with Crippen molar-refractivity contribution in [2.75, 3.05) is 16.8 Å². The first kappa shape index (κ1) is 21.6. The molecule has 3 heterocycles. The van der Waals surface area contributed by atoms with Gasteiger partial charge in [-0.1, -0.05) is 30.5 Å². The molecular weight excluding hydrogens is 454 g/mol. The lowest BCUT2D eigenvalue weighted by atomic mass is 10.1. The van der Waals surface area contributed by atoms with Gasteiger partial charge in [-0.15, -0.1) is 0 Å². The van der Waals surface area contributed by atoms with E-state index in [2.05, 4.69) is 20.3 Å². The van der Waals surface area contributed by atoms with Crippen LogP contribution in [0.2, 0.25) is 5.02 Å². The van der Waals surface area contributed by atoms with Crippen molar-refractivity contribution in [1.29, 1.82) is 5.26 Å². The maximum Gasteiger partial charge on any atom is 0.267 e. The Morgan fingerprint density at radius 3 is 2.74 bits per heavy atom. The molecule has 0 radical (unpaired) electrons. The molecule has 1 aliphatic carbocycles. The first-order valence-corrected chi connectivity index (χ1v) is 11.0. The molecule has 1 aromatic carbocycles. The maximum absolute atomic E-state index is 13.7. The Hall–Kier alpha value is -4.23. The normalized spacial score (nSPS) is 14.0. The van der Waals surface area contributed by atoms with E-state index in [0.29, 0.717) is 39.8 Å². The van der Waals surface area contributed by atoms with Crippen LogP contribution in [0.4, 0.5) is 17.6 Å². The molecule has 10 nitrogen and oxygen atoms in total. The molecule has 1 aliphatic rings. The van der Waals surface area contributed by atoms with E-state index >= 15 is 0 Å². The van der Waals surface area contributed by atoms with E-state index in [1.807, 2.05) is 6.07 Å². The van der Waals surface area contributed by atoms with Gasteiger partial charge in [0.2, 0.25) is 5.95 Å². The average Bonchev–Trinajstić information content (AvgIpc) is 3.63. The van der Waals surface area contributed by atoms with Crippen LogP contribution in [0.1, 0.15) is 36.7 Å². The van der Waals surface area contributed by atoms with E-state index in [1.54, 1.807) is 42.7 Å². The number of nitrogens with zero attached hydrogens (tertiary/aromatic N) is 6. The molecule has 1 atom stereocenters. The molecule has 4 aromatic rings. The Kier molecular flexibility index (Phi) is 5.47. The molecule has 0 saturated heterocycles. The highest BCUT2D eigenvalue weighted by Crippen LogP contribution is 2.39. The maximum atomic E-state index is 13.7. The number of hydrogen-bond donors (Lipinski definition) is 3. The topological polar surface area (TPSA) is 161 Å². The molecule has 0 unspecified atom stereocenters. The minimum absolute atomic E-state index is 0.0226. The molecule has 0 amide bonds. The Balaban J connectivity index is 1.75. The first-order chi connectivity index (χ1) is 16.5. The number of anilines is 3. The minimum atomic E-state index is -0.482. The fourth-order valence-corrected chi connectivity index (χ4v) is 4.22. The average molecular weight is 474 g/mol. The zero-order valence-corrected chi connectivity index (χ0v) is 18.7. The summed E-state index contributed by atoms with van der Waals surface area (Å²) in [4.78, 5) is 30.8. The lowest BCUT2D eigenvalue weighted by molar-refractivity contribution is 0.582. The summed E-state index contributed by atoms with van der Waals surface area (Å²) in [6.45, 7) is 0. The van der Waals surface area contributed by atoms with Gasteiger partial charge < -0.3 is 16.8 Å². The summed E-state index contributed by atoms with van der Waals surface area (Å²) in [6.07, 6.45) is 6.00. The van der Waals surface area contributed by atoms with Crippen LogP contribution in [0.25, 0.3) is 16.6 Å². The Morgan fingerprint density at radius 2 is 2.03 bits per heavy atom. The van der Waals surface area contributed by atoms with Gasteiger partial charge in [-0.25, -0.2) is 4.98 Å². The number of nitrogens with two attached hydrogens (primary N) is 2. The number of fused-ring (bicyclic) bond motifs is 1. The summed E-state index contributed by atoms with van der Waals surface area (Å²) < 4.78 is 1.50. The van der Waals surface area contributed by atoms with Crippen LogP contribution in [-0.4, -0.2) is 24.5 Å². The molecule has 1 fully saturated rings. The number of halogens is 1. The van der Waals surface area contributed by atoms with Crippen molar-refractivity contribution < 1.29 is 0 Å². The lowest BCUT2D eigenvalue weighted by Gasteiger charge is -2.24. The summed E-state index contributed by atoms with van der Waals surface area (Å²) in [6, 6.07) is 10.2. The molecule has 34 heavy (non-hydrogen) atoms. The summed E-state index contributed by atoms with van der Waals surface area (Å²) in [5.74, 6) is 0.988. The Morgan fingerprint density at radius 1 is 1.21 bits per heavy atom. The van der Waals surface area contributed by atoms with Crippen molar-refractivity contribution in [1.82, 2.24) is 24.5 Å². The SMILES string of the molecule is N#Cc1c(N)nc(N)nc1N[C@@H](CC1CC1)c1nc2cccc(Cl)c2c(=O)n1-c1cccnc1. The van der Waals surface area contributed by atoms with Crippen LogP contribution < -0.4 is 22.3 Å². The van der Waals surface area contributed by atoms with Crippen molar-refractivity contribution in [3.8, 4) is 11.8 Å². The molecule has 5 rings (SSSR count). The second-order valence-electron chi connectivity index (χ2n) is 8.13. The zero-order chi connectivity index (χ0) is 23.8. The van der Waals surface area contributed by atoms with Gasteiger partial charge in [-0.3, -0.25) is 14.3 Å². The van der Waals surface area contributed by atoms with Crippen molar-refractivity contribution in [2.45, 2.75) is 25.3 Å². The van der Waals surface area contributed by atoms with E-state index < -0.39 is 6.04 Å². The number of aromatic nitrogens is 5. The lowest BCUT2D eigenvalue weighted by Crippen LogP contribution is -2.29.